The summed E-state index contributed by atoms with van der Waals surface area (Å²) in [5.41, 5.74) is 1.03. The molecule has 1 aromatic heterocycles. The average Bonchev–Trinajstić information content (AvgIpc) is 3.16. The highest BCUT2D eigenvalue weighted by molar-refractivity contribution is 7.89. The van der Waals surface area contributed by atoms with Gasteiger partial charge in [0.05, 0.1) is 4.90 Å². The van der Waals surface area contributed by atoms with Gasteiger partial charge in [0.2, 0.25) is 0 Å². The third kappa shape index (κ3) is 4.76. The Kier molecular flexibility index (Phi) is 8.12. The normalized spacial score (nSPS) is 10.2. The van der Waals surface area contributed by atoms with Crippen LogP contribution < -0.4 is 0 Å². The molecule has 3 aromatic rings. The molecule has 0 spiro atoms. The third-order valence-corrected chi connectivity index (χ3v) is 4.85. The van der Waals surface area contributed by atoms with E-state index < -0.39 is 15.8 Å². The molecule has 7 heteroatoms. The molecule has 140 valence electrons. The van der Waals surface area contributed by atoms with E-state index in [9.17, 15) is 12.8 Å². The summed E-state index contributed by atoms with van der Waals surface area (Å²) in [6.07, 6.45) is 1.14. The van der Waals surface area contributed by atoms with E-state index in [-0.39, 0.29) is 4.90 Å². The maximum atomic E-state index is 13.1. The minimum absolute atomic E-state index is 0.00147. The van der Waals surface area contributed by atoms with Crippen LogP contribution in [0.25, 0.3) is 11.4 Å². The molecule has 0 radical (unpaired) electrons. The lowest BCUT2D eigenvalue weighted by Gasteiger charge is -2.06. The van der Waals surface area contributed by atoms with Gasteiger partial charge in [-0.3, -0.25) is 0 Å². The summed E-state index contributed by atoms with van der Waals surface area (Å²) in [6, 6.07) is 12.5. The fourth-order valence-electron chi connectivity index (χ4n) is 2.09. The van der Waals surface area contributed by atoms with Crippen LogP contribution >= 0.6 is 0 Å². The summed E-state index contributed by atoms with van der Waals surface area (Å²) in [7, 11) is -3.90. The molecule has 0 aliphatic rings. The first-order valence-electron chi connectivity index (χ1n) is 8.47. The summed E-state index contributed by atoms with van der Waals surface area (Å²) in [4.78, 5) is 4.02. The van der Waals surface area contributed by atoms with Crippen molar-refractivity contribution in [1.29, 1.82) is 0 Å². The number of halogens is 1. The Morgan fingerprint density at radius 2 is 1.58 bits per heavy atom. The molecule has 1 heterocycles. The highest BCUT2D eigenvalue weighted by atomic mass is 32.2. The number of hydrogen-bond donors (Lipinski definition) is 0. The quantitative estimate of drug-likeness (QED) is 0.665. The molecule has 0 unspecified atom stereocenters. The van der Waals surface area contributed by atoms with Gasteiger partial charge in [-0.05, 0) is 30.7 Å². The summed E-state index contributed by atoms with van der Waals surface area (Å²) < 4.78 is 39.0. The first kappa shape index (κ1) is 21.5. The van der Waals surface area contributed by atoms with E-state index >= 15 is 0 Å². The van der Waals surface area contributed by atoms with Gasteiger partial charge in [-0.25, -0.2) is 9.37 Å². The van der Waals surface area contributed by atoms with Crippen molar-refractivity contribution in [2.24, 2.45) is 0 Å². The SMILES string of the molecule is CC.CC.Cc1cc(F)ccc1S(=O)(=O)n1cnc(-c2ccccc2)n1. The van der Waals surface area contributed by atoms with E-state index in [2.05, 4.69) is 10.1 Å². The van der Waals surface area contributed by atoms with E-state index in [4.69, 9.17) is 0 Å². The van der Waals surface area contributed by atoms with Crippen molar-refractivity contribution in [3.63, 3.8) is 0 Å². The average molecular weight is 377 g/mol. The molecule has 3 rings (SSSR count). The van der Waals surface area contributed by atoms with Crippen LogP contribution in [0.4, 0.5) is 4.39 Å². The predicted molar refractivity (Wildman–Crippen MR) is 102 cm³/mol. The van der Waals surface area contributed by atoms with E-state index in [0.29, 0.717) is 17.0 Å². The summed E-state index contributed by atoms with van der Waals surface area (Å²) in [5, 5.41) is 4.02. The van der Waals surface area contributed by atoms with Gasteiger partial charge in [0.15, 0.2) is 5.82 Å². The Labute approximate surface area is 154 Å². The zero-order valence-electron chi connectivity index (χ0n) is 15.6. The zero-order valence-corrected chi connectivity index (χ0v) is 16.5. The molecular formula is C19H24FN3O2S. The molecule has 26 heavy (non-hydrogen) atoms. The monoisotopic (exact) mass is 377 g/mol. The molecule has 0 aliphatic carbocycles. The number of aryl methyl sites for hydroxylation is 1. The van der Waals surface area contributed by atoms with Crippen LogP contribution in [0.1, 0.15) is 33.3 Å². The first-order valence-corrected chi connectivity index (χ1v) is 9.91. The highest BCUT2D eigenvalue weighted by Gasteiger charge is 2.21. The molecule has 0 N–H and O–H groups in total. The van der Waals surface area contributed by atoms with Gasteiger partial charge in [-0.2, -0.15) is 8.42 Å². The van der Waals surface area contributed by atoms with Crippen LogP contribution in [0, 0.1) is 12.7 Å². The molecule has 0 saturated carbocycles. The van der Waals surface area contributed by atoms with Crippen LogP contribution in [-0.2, 0) is 10.0 Å². The molecule has 0 fully saturated rings. The molecular weight excluding hydrogens is 353 g/mol. The summed E-state index contributed by atoms with van der Waals surface area (Å²) in [6.45, 7) is 9.53. The maximum absolute atomic E-state index is 13.1. The number of hydrogen-bond acceptors (Lipinski definition) is 4. The number of rotatable bonds is 3. The Morgan fingerprint density at radius 3 is 2.15 bits per heavy atom. The van der Waals surface area contributed by atoms with E-state index in [1.54, 1.807) is 12.1 Å². The number of nitrogens with zero attached hydrogens (tertiary/aromatic N) is 3. The second kappa shape index (κ2) is 9.82. The van der Waals surface area contributed by atoms with Crippen LogP contribution in [0.15, 0.2) is 59.8 Å². The zero-order chi connectivity index (χ0) is 19.7. The van der Waals surface area contributed by atoms with Gasteiger partial charge in [0.25, 0.3) is 10.0 Å². The fourth-order valence-corrected chi connectivity index (χ4v) is 3.35. The lowest BCUT2D eigenvalue weighted by Crippen LogP contribution is -2.15. The Bertz CT molecular complexity index is 923. The van der Waals surface area contributed by atoms with E-state index in [1.807, 2.05) is 45.9 Å². The van der Waals surface area contributed by atoms with Gasteiger partial charge in [-0.15, -0.1) is 9.19 Å². The number of benzene rings is 2. The lowest BCUT2D eigenvalue weighted by atomic mass is 10.2. The lowest BCUT2D eigenvalue weighted by molar-refractivity contribution is 0.578. The minimum Gasteiger partial charge on any atom is -0.214 e. The van der Waals surface area contributed by atoms with Crippen molar-refractivity contribution in [2.75, 3.05) is 0 Å². The summed E-state index contributed by atoms with van der Waals surface area (Å²) in [5.74, 6) is -0.177. The van der Waals surface area contributed by atoms with Gasteiger partial charge in [-0.1, -0.05) is 58.0 Å². The van der Waals surface area contributed by atoms with Crippen molar-refractivity contribution in [3.8, 4) is 11.4 Å². The van der Waals surface area contributed by atoms with Crippen molar-refractivity contribution in [3.05, 3.63) is 66.2 Å². The van der Waals surface area contributed by atoms with Crippen molar-refractivity contribution in [1.82, 2.24) is 14.2 Å². The second-order valence-electron chi connectivity index (χ2n) is 4.72. The van der Waals surface area contributed by atoms with Crippen molar-refractivity contribution < 1.29 is 12.8 Å². The summed E-state index contributed by atoms with van der Waals surface area (Å²) >= 11 is 0. The Hall–Kier alpha value is -2.54. The fraction of sp³-hybridized carbons (Fsp3) is 0.263. The second-order valence-corrected chi connectivity index (χ2v) is 6.49. The van der Waals surface area contributed by atoms with Crippen LogP contribution in [-0.4, -0.2) is 22.6 Å². The molecule has 2 aromatic carbocycles. The van der Waals surface area contributed by atoms with Gasteiger partial charge in [0, 0.05) is 5.56 Å². The van der Waals surface area contributed by atoms with Crippen LogP contribution in [0.5, 0.6) is 0 Å². The topological polar surface area (TPSA) is 64.8 Å². The largest absolute Gasteiger partial charge is 0.284 e. The highest BCUT2D eigenvalue weighted by Crippen LogP contribution is 2.20. The molecule has 0 atom stereocenters. The van der Waals surface area contributed by atoms with Gasteiger partial charge < -0.3 is 0 Å². The molecule has 0 bridgehead atoms. The van der Waals surface area contributed by atoms with Crippen molar-refractivity contribution in [2.45, 2.75) is 39.5 Å². The van der Waals surface area contributed by atoms with Crippen molar-refractivity contribution >= 4 is 10.0 Å². The third-order valence-electron chi connectivity index (χ3n) is 3.17. The van der Waals surface area contributed by atoms with Gasteiger partial charge >= 0.3 is 0 Å². The van der Waals surface area contributed by atoms with E-state index in [1.165, 1.54) is 19.1 Å². The molecule has 5 nitrogen and oxygen atoms in total. The maximum Gasteiger partial charge on any atom is 0.284 e. The smallest absolute Gasteiger partial charge is 0.214 e. The Morgan fingerprint density at radius 1 is 0.962 bits per heavy atom. The van der Waals surface area contributed by atoms with E-state index in [0.717, 1.165) is 16.5 Å². The Balaban J connectivity index is 0.000000791. The van der Waals surface area contributed by atoms with Gasteiger partial charge in [0.1, 0.15) is 12.1 Å². The minimum atomic E-state index is -3.90. The standard InChI is InChI=1S/C15H12FN3O2S.2C2H6/c1-11-9-13(16)7-8-14(11)22(20,21)19-10-17-15(18-19)12-5-3-2-4-6-12;2*1-2/h2-10H,1H3;2*1-2H3. The molecule has 0 amide bonds. The molecule has 0 saturated heterocycles. The molecule has 0 aliphatic heterocycles. The van der Waals surface area contributed by atoms with Crippen LogP contribution in [0.3, 0.4) is 0 Å². The predicted octanol–water partition coefficient (Wildman–Crippen LogP) is 4.68. The van der Waals surface area contributed by atoms with Crippen LogP contribution in [0.2, 0.25) is 0 Å². The first-order chi connectivity index (χ1) is 12.5. The number of aromatic nitrogens is 3.